The maximum atomic E-state index is 3.68. The van der Waals surface area contributed by atoms with Crippen molar-refractivity contribution in [2.24, 2.45) is 5.92 Å². The smallest absolute Gasteiger partial charge is 0.0253 e. The average molecular weight is 222 g/mol. The number of nitrogens with zero attached hydrogens (tertiary/aromatic N) is 1. The molecule has 1 unspecified atom stereocenters. The van der Waals surface area contributed by atoms with Gasteiger partial charge in [-0.05, 0) is 32.6 Å². The molecule has 0 radical (unpaired) electrons. The lowest BCUT2D eigenvalue weighted by Gasteiger charge is -2.49. The lowest BCUT2D eigenvalue weighted by molar-refractivity contribution is 0.0357. The molecule has 0 aromatic rings. The molecule has 1 fully saturated rings. The van der Waals surface area contributed by atoms with Gasteiger partial charge in [-0.1, -0.05) is 26.0 Å². The van der Waals surface area contributed by atoms with Crippen LogP contribution >= 0.6 is 0 Å². The van der Waals surface area contributed by atoms with Crippen LogP contribution in [-0.2, 0) is 0 Å². The van der Waals surface area contributed by atoms with Crippen LogP contribution < -0.4 is 5.32 Å². The molecule has 1 aliphatic carbocycles. The minimum absolute atomic E-state index is 0.272. The first-order valence-corrected chi connectivity index (χ1v) is 6.65. The molecular weight excluding hydrogens is 196 g/mol. The Bertz CT molecular complexity index is 260. The van der Waals surface area contributed by atoms with E-state index >= 15 is 0 Å². The van der Waals surface area contributed by atoms with E-state index in [9.17, 15) is 0 Å². The van der Waals surface area contributed by atoms with Crippen LogP contribution in [0.25, 0.3) is 0 Å². The van der Waals surface area contributed by atoms with Gasteiger partial charge in [-0.15, -0.1) is 0 Å². The fraction of sp³-hybridized carbons (Fsp3) is 0.857. The molecule has 1 heterocycles. The van der Waals surface area contributed by atoms with Crippen molar-refractivity contribution >= 4 is 0 Å². The number of rotatable bonds is 2. The van der Waals surface area contributed by atoms with E-state index in [1.165, 1.54) is 19.4 Å². The van der Waals surface area contributed by atoms with Crippen LogP contribution in [-0.4, -0.2) is 35.6 Å². The summed E-state index contributed by atoms with van der Waals surface area (Å²) >= 11 is 0. The predicted octanol–water partition coefficient (Wildman–Crippen LogP) is 2.41. The summed E-state index contributed by atoms with van der Waals surface area (Å²) in [6.45, 7) is 11.7. The van der Waals surface area contributed by atoms with Crippen molar-refractivity contribution in [2.75, 3.05) is 13.1 Å². The molecule has 0 saturated carbocycles. The zero-order chi connectivity index (χ0) is 11.8. The van der Waals surface area contributed by atoms with Gasteiger partial charge in [-0.3, -0.25) is 4.90 Å². The summed E-state index contributed by atoms with van der Waals surface area (Å²) in [5, 5.41) is 3.68. The van der Waals surface area contributed by atoms with Crippen molar-refractivity contribution < 1.29 is 0 Å². The average Bonchev–Trinajstić information content (AvgIpc) is 2.68. The molecule has 0 spiro atoms. The van der Waals surface area contributed by atoms with E-state index < -0.39 is 0 Å². The van der Waals surface area contributed by atoms with Gasteiger partial charge in [-0.2, -0.15) is 0 Å². The van der Waals surface area contributed by atoms with E-state index in [0.717, 1.165) is 18.5 Å². The van der Waals surface area contributed by atoms with Crippen molar-refractivity contribution in [3.8, 4) is 0 Å². The second-order valence-corrected chi connectivity index (χ2v) is 6.35. The fourth-order valence-electron chi connectivity index (χ4n) is 3.02. The Morgan fingerprint density at radius 1 is 1.25 bits per heavy atom. The molecular formula is C14H26N2. The van der Waals surface area contributed by atoms with E-state index in [4.69, 9.17) is 0 Å². The van der Waals surface area contributed by atoms with E-state index in [1.807, 2.05) is 0 Å². The third-order valence-corrected chi connectivity index (χ3v) is 4.02. The Hall–Kier alpha value is -0.340. The van der Waals surface area contributed by atoms with Gasteiger partial charge in [0.15, 0.2) is 0 Å². The Kier molecular flexibility index (Phi) is 3.41. The van der Waals surface area contributed by atoms with Gasteiger partial charge in [0.2, 0.25) is 0 Å². The van der Waals surface area contributed by atoms with Crippen molar-refractivity contribution in [3.05, 3.63) is 12.2 Å². The summed E-state index contributed by atoms with van der Waals surface area (Å²) in [4.78, 5) is 2.75. The zero-order valence-electron chi connectivity index (χ0n) is 11.2. The standard InChI is InChI=1S/C14H26N2/c1-11(2)13-9-15-14(3,4)10-16(13)12-7-5-6-8-12/h5-6,11-13,15H,7-10H2,1-4H3. The Morgan fingerprint density at radius 3 is 2.44 bits per heavy atom. The maximum absolute atomic E-state index is 3.68. The monoisotopic (exact) mass is 222 g/mol. The lowest BCUT2D eigenvalue weighted by Crippen LogP contribution is -2.64. The maximum Gasteiger partial charge on any atom is 0.0253 e. The minimum Gasteiger partial charge on any atom is -0.309 e. The lowest BCUT2D eigenvalue weighted by atomic mass is 9.91. The summed E-state index contributed by atoms with van der Waals surface area (Å²) < 4.78 is 0. The second-order valence-electron chi connectivity index (χ2n) is 6.35. The molecule has 2 heteroatoms. The first-order chi connectivity index (χ1) is 7.49. The molecule has 0 amide bonds. The van der Waals surface area contributed by atoms with Gasteiger partial charge in [0.25, 0.3) is 0 Å². The van der Waals surface area contributed by atoms with Gasteiger partial charge in [0.05, 0.1) is 0 Å². The van der Waals surface area contributed by atoms with Gasteiger partial charge in [0, 0.05) is 30.7 Å². The summed E-state index contributed by atoms with van der Waals surface area (Å²) in [6, 6.07) is 1.46. The van der Waals surface area contributed by atoms with Gasteiger partial charge >= 0.3 is 0 Å². The summed E-state index contributed by atoms with van der Waals surface area (Å²) in [5.41, 5.74) is 0.272. The van der Waals surface area contributed by atoms with E-state index in [1.54, 1.807) is 0 Å². The van der Waals surface area contributed by atoms with Crippen LogP contribution in [0, 0.1) is 5.92 Å². The highest BCUT2D eigenvalue weighted by atomic mass is 15.3. The Balaban J connectivity index is 2.08. The number of piperazine rings is 1. The van der Waals surface area contributed by atoms with Gasteiger partial charge < -0.3 is 5.32 Å². The van der Waals surface area contributed by atoms with Crippen LogP contribution in [0.3, 0.4) is 0 Å². The van der Waals surface area contributed by atoms with Crippen molar-refractivity contribution in [1.29, 1.82) is 0 Å². The second kappa shape index (κ2) is 4.50. The zero-order valence-corrected chi connectivity index (χ0v) is 11.2. The van der Waals surface area contributed by atoms with Crippen LogP contribution in [0.5, 0.6) is 0 Å². The molecule has 92 valence electrons. The van der Waals surface area contributed by atoms with Gasteiger partial charge in [-0.25, -0.2) is 0 Å². The third kappa shape index (κ3) is 2.49. The van der Waals surface area contributed by atoms with Gasteiger partial charge in [0.1, 0.15) is 0 Å². The van der Waals surface area contributed by atoms with Crippen LogP contribution in [0.2, 0.25) is 0 Å². The van der Waals surface area contributed by atoms with Crippen molar-refractivity contribution in [1.82, 2.24) is 10.2 Å². The highest BCUT2D eigenvalue weighted by Gasteiger charge is 2.37. The molecule has 0 aromatic heterocycles. The largest absolute Gasteiger partial charge is 0.309 e. The quantitative estimate of drug-likeness (QED) is 0.722. The molecule has 16 heavy (non-hydrogen) atoms. The third-order valence-electron chi connectivity index (χ3n) is 4.02. The van der Waals surface area contributed by atoms with E-state index in [-0.39, 0.29) is 5.54 Å². The molecule has 1 atom stereocenters. The van der Waals surface area contributed by atoms with E-state index in [0.29, 0.717) is 6.04 Å². The molecule has 2 aliphatic rings. The number of hydrogen-bond donors (Lipinski definition) is 1. The first kappa shape index (κ1) is 12.1. The van der Waals surface area contributed by atoms with Crippen LogP contribution in [0.15, 0.2) is 12.2 Å². The molecule has 1 saturated heterocycles. The summed E-state index contributed by atoms with van der Waals surface area (Å²) in [6.07, 6.45) is 7.19. The van der Waals surface area contributed by atoms with Crippen LogP contribution in [0.1, 0.15) is 40.5 Å². The number of hydrogen-bond acceptors (Lipinski definition) is 2. The molecule has 0 bridgehead atoms. The van der Waals surface area contributed by atoms with Crippen molar-refractivity contribution in [2.45, 2.75) is 58.2 Å². The molecule has 0 aromatic carbocycles. The van der Waals surface area contributed by atoms with E-state index in [2.05, 4.69) is 50.1 Å². The Morgan fingerprint density at radius 2 is 1.88 bits per heavy atom. The highest BCUT2D eigenvalue weighted by Crippen LogP contribution is 2.27. The minimum atomic E-state index is 0.272. The molecule has 1 aliphatic heterocycles. The molecule has 2 nitrogen and oxygen atoms in total. The molecule has 2 rings (SSSR count). The normalized spacial score (nSPS) is 31.4. The van der Waals surface area contributed by atoms with Crippen molar-refractivity contribution in [3.63, 3.8) is 0 Å². The fourth-order valence-corrected chi connectivity index (χ4v) is 3.02. The topological polar surface area (TPSA) is 15.3 Å². The SMILES string of the molecule is CC(C)C1CNC(C)(C)CN1C1CC=CC1. The summed E-state index contributed by atoms with van der Waals surface area (Å²) in [7, 11) is 0. The first-order valence-electron chi connectivity index (χ1n) is 6.65. The summed E-state index contributed by atoms with van der Waals surface area (Å²) in [5.74, 6) is 0.740. The Labute approximate surface area is 100 Å². The van der Waals surface area contributed by atoms with Crippen LogP contribution in [0.4, 0.5) is 0 Å². The number of nitrogens with one attached hydrogen (secondary N) is 1. The highest BCUT2D eigenvalue weighted by molar-refractivity contribution is 5.04. The predicted molar refractivity (Wildman–Crippen MR) is 69.6 cm³/mol. The molecule has 1 N–H and O–H groups in total.